The van der Waals surface area contributed by atoms with Crippen LogP contribution in [0.25, 0.3) is 11.0 Å². The summed E-state index contributed by atoms with van der Waals surface area (Å²) in [6, 6.07) is 8.51. The lowest BCUT2D eigenvalue weighted by molar-refractivity contribution is -0.125. The fourth-order valence-electron chi connectivity index (χ4n) is 4.14. The van der Waals surface area contributed by atoms with Crippen molar-refractivity contribution in [1.82, 2.24) is 20.3 Å². The topological polar surface area (TPSA) is 135 Å². The van der Waals surface area contributed by atoms with Gasteiger partial charge >= 0.3 is 6.09 Å². The number of rotatable bonds is 6. The third-order valence-electron chi connectivity index (χ3n) is 5.71. The van der Waals surface area contributed by atoms with Gasteiger partial charge in [0.2, 0.25) is 0 Å². The first-order chi connectivity index (χ1) is 15.4. The zero-order valence-corrected chi connectivity index (χ0v) is 17.9. The zero-order valence-electron chi connectivity index (χ0n) is 17.2. The first-order valence-corrected chi connectivity index (χ1v) is 10.5. The van der Waals surface area contributed by atoms with Crippen LogP contribution in [0.1, 0.15) is 12.8 Å². The number of carbonyl (C=O) groups excluding carboxylic acids is 1. The normalized spacial score (nSPS) is 15.5. The largest absolute Gasteiger partial charge is 0.465 e. The number of anilines is 2. The molecule has 2 amide bonds. The van der Waals surface area contributed by atoms with E-state index in [4.69, 9.17) is 11.6 Å². The number of aliphatic hydroxyl groups excluding tert-OH is 1. The van der Waals surface area contributed by atoms with Gasteiger partial charge in [-0.1, -0.05) is 11.6 Å². The molecule has 4 rings (SSSR count). The number of fused-ring (bicyclic) bond motifs is 1. The summed E-state index contributed by atoms with van der Waals surface area (Å²) in [4.78, 5) is 40.4. The molecule has 2 aromatic heterocycles. The monoisotopic (exact) mass is 458 g/mol. The van der Waals surface area contributed by atoms with Crippen molar-refractivity contribution in [2.75, 3.05) is 36.0 Å². The summed E-state index contributed by atoms with van der Waals surface area (Å²) in [6.07, 6.45) is 2.46. The molecule has 10 nitrogen and oxygen atoms in total. The summed E-state index contributed by atoms with van der Waals surface area (Å²) < 4.78 is 0. The summed E-state index contributed by atoms with van der Waals surface area (Å²) in [7, 11) is 0. The van der Waals surface area contributed by atoms with Crippen LogP contribution in [0.3, 0.4) is 0 Å². The van der Waals surface area contributed by atoms with Crippen molar-refractivity contribution >= 4 is 46.1 Å². The molecule has 1 aliphatic heterocycles. The van der Waals surface area contributed by atoms with Gasteiger partial charge in [0, 0.05) is 36.5 Å². The van der Waals surface area contributed by atoms with E-state index in [9.17, 15) is 19.8 Å². The molecule has 1 saturated heterocycles. The Bertz CT molecular complexity index is 1110. The van der Waals surface area contributed by atoms with Crippen LogP contribution >= 0.6 is 11.6 Å². The predicted octanol–water partition coefficient (Wildman–Crippen LogP) is 2.24. The van der Waals surface area contributed by atoms with Crippen molar-refractivity contribution in [2.24, 2.45) is 0 Å². The number of aromatic amines is 1. The maximum absolute atomic E-state index is 13.7. The van der Waals surface area contributed by atoms with Gasteiger partial charge in [-0.15, -0.1) is 0 Å². The number of H-pyrrole nitrogens is 1. The molecule has 3 aromatic rings. The number of nitrogens with zero attached hydrogens (tertiary/aromatic N) is 4. The van der Waals surface area contributed by atoms with Gasteiger partial charge in [-0.25, -0.2) is 14.8 Å². The first kappa shape index (κ1) is 21.8. The molecule has 0 aliphatic carbocycles. The lowest BCUT2D eigenvalue weighted by Gasteiger charge is -2.43. The van der Waals surface area contributed by atoms with Crippen LogP contribution in [0.2, 0.25) is 5.02 Å². The number of benzene rings is 1. The van der Waals surface area contributed by atoms with Gasteiger partial charge in [0.15, 0.2) is 0 Å². The highest BCUT2D eigenvalue weighted by molar-refractivity contribution is 6.30. The van der Waals surface area contributed by atoms with Crippen molar-refractivity contribution in [3.63, 3.8) is 0 Å². The maximum atomic E-state index is 13.7. The Labute approximate surface area is 188 Å². The number of hydrogen-bond donors (Lipinski definition) is 4. The van der Waals surface area contributed by atoms with E-state index in [-0.39, 0.29) is 26.0 Å². The maximum Gasteiger partial charge on any atom is 0.405 e. The van der Waals surface area contributed by atoms with E-state index in [1.165, 1.54) is 11.2 Å². The average Bonchev–Trinajstić information content (AvgIpc) is 3.27. The standard InChI is InChI=1S/C21H23ClN6O4/c22-14-1-3-15(4-2-14)28(11-12-29)19(30)21(26-20(31)32)6-9-27(10-7-21)18-16-5-8-23-17(16)24-13-25-18/h1-5,8,13,26,29H,6-7,9-12H2,(H,31,32)(H,23,24,25). The van der Waals surface area contributed by atoms with Gasteiger partial charge in [0.25, 0.3) is 5.91 Å². The molecule has 0 saturated carbocycles. The molecule has 0 unspecified atom stereocenters. The van der Waals surface area contributed by atoms with Crippen LogP contribution in [-0.2, 0) is 4.79 Å². The number of piperidine rings is 1. The van der Waals surface area contributed by atoms with Crippen molar-refractivity contribution < 1.29 is 19.8 Å². The third kappa shape index (κ3) is 4.19. The quantitative estimate of drug-likeness (QED) is 0.445. The minimum absolute atomic E-state index is 0.0309. The SMILES string of the molecule is O=C(O)NC1(C(=O)N(CCO)c2ccc(Cl)cc2)CCN(c2ncnc3[nH]ccc23)CC1. The van der Waals surface area contributed by atoms with E-state index < -0.39 is 17.5 Å². The van der Waals surface area contributed by atoms with Gasteiger partial charge in [-0.2, -0.15) is 0 Å². The molecule has 0 radical (unpaired) electrons. The van der Waals surface area contributed by atoms with Crippen LogP contribution in [0.15, 0.2) is 42.9 Å². The van der Waals surface area contributed by atoms with E-state index in [0.29, 0.717) is 29.4 Å². The number of halogens is 1. The Balaban J connectivity index is 1.61. The van der Waals surface area contributed by atoms with Crippen LogP contribution in [0.5, 0.6) is 0 Å². The van der Waals surface area contributed by atoms with Crippen LogP contribution in [-0.4, -0.2) is 68.9 Å². The number of carboxylic acid groups (broad SMARTS) is 1. The van der Waals surface area contributed by atoms with Crippen LogP contribution < -0.4 is 15.1 Å². The second kappa shape index (κ2) is 9.01. The van der Waals surface area contributed by atoms with Crippen LogP contribution in [0, 0.1) is 0 Å². The van der Waals surface area contributed by atoms with Gasteiger partial charge in [-0.3, -0.25) is 4.79 Å². The second-order valence-corrected chi connectivity index (χ2v) is 8.03. The Morgan fingerprint density at radius 1 is 1.19 bits per heavy atom. The Hall–Kier alpha value is -3.37. The molecule has 0 bridgehead atoms. The van der Waals surface area contributed by atoms with Crippen molar-refractivity contribution in [1.29, 1.82) is 0 Å². The van der Waals surface area contributed by atoms with E-state index in [1.54, 1.807) is 30.5 Å². The lowest BCUT2D eigenvalue weighted by Crippen LogP contribution is -2.64. The fraction of sp³-hybridized carbons (Fsp3) is 0.333. The summed E-state index contributed by atoms with van der Waals surface area (Å²) in [5.41, 5.74) is -0.0859. The second-order valence-electron chi connectivity index (χ2n) is 7.59. The molecule has 1 aromatic carbocycles. The molecule has 0 atom stereocenters. The number of nitrogens with one attached hydrogen (secondary N) is 2. The first-order valence-electron chi connectivity index (χ1n) is 10.2. The Kier molecular flexibility index (Phi) is 6.15. The fourth-order valence-corrected chi connectivity index (χ4v) is 4.26. The molecule has 1 aliphatic rings. The molecule has 0 spiro atoms. The number of amides is 2. The molecule has 1 fully saturated rings. The van der Waals surface area contributed by atoms with E-state index in [0.717, 1.165) is 11.2 Å². The van der Waals surface area contributed by atoms with E-state index in [2.05, 4.69) is 20.3 Å². The minimum atomic E-state index is -1.33. The molecule has 11 heteroatoms. The summed E-state index contributed by atoms with van der Waals surface area (Å²) in [6.45, 7) is 0.590. The number of carbonyl (C=O) groups is 2. The number of aliphatic hydroxyl groups is 1. The molecular weight excluding hydrogens is 436 g/mol. The Morgan fingerprint density at radius 2 is 1.91 bits per heavy atom. The molecular formula is C21H23ClN6O4. The van der Waals surface area contributed by atoms with E-state index in [1.807, 2.05) is 11.0 Å². The smallest absolute Gasteiger partial charge is 0.405 e. The van der Waals surface area contributed by atoms with Crippen molar-refractivity contribution in [3.8, 4) is 0 Å². The van der Waals surface area contributed by atoms with Gasteiger partial charge in [0.05, 0.1) is 12.0 Å². The minimum Gasteiger partial charge on any atom is -0.465 e. The number of hydrogen-bond acceptors (Lipinski definition) is 6. The lowest BCUT2D eigenvalue weighted by atomic mass is 9.85. The highest BCUT2D eigenvalue weighted by atomic mass is 35.5. The Morgan fingerprint density at radius 3 is 2.56 bits per heavy atom. The van der Waals surface area contributed by atoms with Gasteiger partial charge in [-0.05, 0) is 43.2 Å². The zero-order chi connectivity index (χ0) is 22.7. The summed E-state index contributed by atoms with van der Waals surface area (Å²) in [5.74, 6) is 0.322. The highest BCUT2D eigenvalue weighted by Crippen LogP contribution is 2.32. The average molecular weight is 459 g/mol. The van der Waals surface area contributed by atoms with E-state index >= 15 is 0 Å². The highest BCUT2D eigenvalue weighted by Gasteiger charge is 2.45. The van der Waals surface area contributed by atoms with Gasteiger partial charge < -0.3 is 30.3 Å². The third-order valence-corrected chi connectivity index (χ3v) is 5.96. The van der Waals surface area contributed by atoms with Gasteiger partial charge in [0.1, 0.15) is 23.3 Å². The molecule has 3 heterocycles. The van der Waals surface area contributed by atoms with Crippen LogP contribution in [0.4, 0.5) is 16.3 Å². The molecule has 32 heavy (non-hydrogen) atoms. The molecule has 168 valence electrons. The molecule has 4 N–H and O–H groups in total. The summed E-state index contributed by atoms with van der Waals surface area (Å²) >= 11 is 5.96. The summed E-state index contributed by atoms with van der Waals surface area (Å²) in [5, 5.41) is 22.9. The van der Waals surface area contributed by atoms with Crippen molar-refractivity contribution in [3.05, 3.63) is 47.9 Å². The van der Waals surface area contributed by atoms with Crippen molar-refractivity contribution in [2.45, 2.75) is 18.4 Å². The predicted molar refractivity (Wildman–Crippen MR) is 120 cm³/mol. The number of aromatic nitrogens is 3.